The highest BCUT2D eigenvalue weighted by Crippen LogP contribution is 2.27. The van der Waals surface area contributed by atoms with Gasteiger partial charge in [0, 0.05) is 11.3 Å². The van der Waals surface area contributed by atoms with Crippen LogP contribution in [0.15, 0.2) is 47.4 Å². The summed E-state index contributed by atoms with van der Waals surface area (Å²) in [6, 6.07) is 13.4. The largest absolute Gasteiger partial charge is 0.497 e. The van der Waals surface area contributed by atoms with Crippen molar-refractivity contribution in [1.82, 2.24) is 0 Å². The molecule has 0 aliphatic heterocycles. The van der Waals surface area contributed by atoms with Crippen molar-refractivity contribution in [2.75, 3.05) is 25.8 Å². The lowest BCUT2D eigenvalue weighted by molar-refractivity contribution is -0.116. The van der Waals surface area contributed by atoms with Crippen molar-refractivity contribution < 1.29 is 14.3 Å². The summed E-state index contributed by atoms with van der Waals surface area (Å²) in [5.74, 6) is 1.51. The zero-order valence-electron chi connectivity index (χ0n) is 13.6. The maximum Gasteiger partial charge on any atom is 0.224 e. The second kappa shape index (κ2) is 8.48. The van der Waals surface area contributed by atoms with Crippen molar-refractivity contribution in [3.05, 3.63) is 48.0 Å². The van der Waals surface area contributed by atoms with Gasteiger partial charge in [0.25, 0.3) is 0 Å². The van der Waals surface area contributed by atoms with Gasteiger partial charge in [-0.1, -0.05) is 12.1 Å². The van der Waals surface area contributed by atoms with Crippen LogP contribution < -0.4 is 14.8 Å². The van der Waals surface area contributed by atoms with Crippen LogP contribution in [0.25, 0.3) is 0 Å². The molecular weight excluding hydrogens is 310 g/mol. The number of thioether (sulfide) groups is 1. The predicted molar refractivity (Wildman–Crippen MR) is 94.7 cm³/mol. The summed E-state index contributed by atoms with van der Waals surface area (Å²) in [5.41, 5.74) is 1.81. The standard InChI is InChI=1S/C18H21NO3S/c1-21-14-9-10-16(22-2)13(12-14)8-11-18(20)19-15-6-4-5-7-17(15)23-3/h4-7,9-10,12H,8,11H2,1-3H3,(H,19,20). The molecule has 23 heavy (non-hydrogen) atoms. The van der Waals surface area contributed by atoms with Gasteiger partial charge in [-0.05, 0) is 48.6 Å². The Morgan fingerprint density at radius 2 is 1.91 bits per heavy atom. The number of rotatable bonds is 7. The fourth-order valence-electron chi connectivity index (χ4n) is 2.29. The lowest BCUT2D eigenvalue weighted by atomic mass is 10.1. The zero-order valence-corrected chi connectivity index (χ0v) is 14.4. The average Bonchev–Trinajstić information content (AvgIpc) is 2.60. The van der Waals surface area contributed by atoms with Gasteiger partial charge in [-0.25, -0.2) is 0 Å². The molecule has 2 aromatic carbocycles. The minimum absolute atomic E-state index is 0.0172. The molecular formula is C18H21NO3S. The van der Waals surface area contributed by atoms with Gasteiger partial charge < -0.3 is 14.8 Å². The minimum Gasteiger partial charge on any atom is -0.497 e. The number of anilines is 1. The van der Waals surface area contributed by atoms with Crippen molar-refractivity contribution >= 4 is 23.4 Å². The Morgan fingerprint density at radius 3 is 2.61 bits per heavy atom. The topological polar surface area (TPSA) is 47.6 Å². The van der Waals surface area contributed by atoms with Crippen LogP contribution in [0.5, 0.6) is 11.5 Å². The van der Waals surface area contributed by atoms with Gasteiger partial charge in [-0.15, -0.1) is 11.8 Å². The number of hydrogen-bond acceptors (Lipinski definition) is 4. The van der Waals surface area contributed by atoms with Crippen LogP contribution in [0, 0.1) is 0 Å². The summed E-state index contributed by atoms with van der Waals surface area (Å²) in [5, 5.41) is 2.97. The highest BCUT2D eigenvalue weighted by molar-refractivity contribution is 7.98. The number of methoxy groups -OCH3 is 2. The summed E-state index contributed by atoms with van der Waals surface area (Å²) in [6.07, 6.45) is 2.96. The molecule has 2 rings (SSSR count). The molecule has 122 valence electrons. The fraction of sp³-hybridized carbons (Fsp3) is 0.278. The molecule has 0 aliphatic carbocycles. The lowest BCUT2D eigenvalue weighted by Crippen LogP contribution is -2.13. The Hall–Kier alpha value is -2.14. The smallest absolute Gasteiger partial charge is 0.224 e. The highest BCUT2D eigenvalue weighted by atomic mass is 32.2. The lowest BCUT2D eigenvalue weighted by Gasteiger charge is -2.11. The van der Waals surface area contributed by atoms with Gasteiger partial charge in [-0.3, -0.25) is 4.79 Å². The van der Waals surface area contributed by atoms with E-state index in [-0.39, 0.29) is 5.91 Å². The molecule has 0 fully saturated rings. The number of benzene rings is 2. The molecule has 1 N–H and O–H groups in total. The molecule has 0 bridgehead atoms. The number of para-hydroxylation sites is 1. The Morgan fingerprint density at radius 1 is 1.13 bits per heavy atom. The van der Waals surface area contributed by atoms with E-state index in [9.17, 15) is 4.79 Å². The first kappa shape index (κ1) is 17.2. The second-order valence-electron chi connectivity index (χ2n) is 4.93. The quantitative estimate of drug-likeness (QED) is 0.779. The van der Waals surface area contributed by atoms with Gasteiger partial charge in [0.1, 0.15) is 11.5 Å². The minimum atomic E-state index is -0.0172. The molecule has 0 unspecified atom stereocenters. The van der Waals surface area contributed by atoms with Crippen molar-refractivity contribution in [3.8, 4) is 11.5 Å². The Bertz CT molecular complexity index is 673. The average molecular weight is 331 g/mol. The summed E-state index contributed by atoms with van der Waals surface area (Å²) in [4.78, 5) is 13.3. The maximum absolute atomic E-state index is 12.2. The molecule has 5 heteroatoms. The Labute approximate surface area is 141 Å². The molecule has 0 saturated carbocycles. The molecule has 0 aromatic heterocycles. The first-order valence-corrected chi connectivity index (χ1v) is 8.54. The third kappa shape index (κ3) is 4.66. The van der Waals surface area contributed by atoms with Crippen molar-refractivity contribution in [2.24, 2.45) is 0 Å². The van der Waals surface area contributed by atoms with Gasteiger partial charge in [0.05, 0.1) is 19.9 Å². The highest BCUT2D eigenvalue weighted by Gasteiger charge is 2.10. The van der Waals surface area contributed by atoms with E-state index in [4.69, 9.17) is 9.47 Å². The van der Waals surface area contributed by atoms with Crippen LogP contribution in [0.1, 0.15) is 12.0 Å². The van der Waals surface area contributed by atoms with E-state index >= 15 is 0 Å². The van der Waals surface area contributed by atoms with Crippen LogP contribution in [0.4, 0.5) is 5.69 Å². The Balaban J connectivity index is 2.02. The summed E-state index contributed by atoms with van der Waals surface area (Å²) >= 11 is 1.61. The van der Waals surface area contributed by atoms with Crippen LogP contribution in [0.3, 0.4) is 0 Å². The number of ether oxygens (including phenoxy) is 2. The van der Waals surface area contributed by atoms with Crippen molar-refractivity contribution in [3.63, 3.8) is 0 Å². The molecule has 0 radical (unpaired) electrons. The number of carbonyl (C=O) groups is 1. The molecule has 2 aromatic rings. The first-order chi connectivity index (χ1) is 11.2. The monoisotopic (exact) mass is 331 g/mol. The molecule has 0 atom stereocenters. The van der Waals surface area contributed by atoms with Gasteiger partial charge >= 0.3 is 0 Å². The predicted octanol–water partition coefficient (Wildman–Crippen LogP) is 4.00. The van der Waals surface area contributed by atoms with Crippen LogP contribution >= 0.6 is 11.8 Å². The zero-order chi connectivity index (χ0) is 16.7. The van der Waals surface area contributed by atoms with E-state index < -0.39 is 0 Å². The molecule has 0 aliphatic rings. The van der Waals surface area contributed by atoms with E-state index in [0.717, 1.165) is 27.6 Å². The fourth-order valence-corrected chi connectivity index (χ4v) is 2.84. The normalized spacial score (nSPS) is 10.2. The van der Waals surface area contributed by atoms with Crippen molar-refractivity contribution in [1.29, 1.82) is 0 Å². The number of hydrogen-bond donors (Lipinski definition) is 1. The van der Waals surface area contributed by atoms with E-state index in [1.54, 1.807) is 26.0 Å². The summed E-state index contributed by atoms with van der Waals surface area (Å²) in [6.45, 7) is 0. The number of amides is 1. The summed E-state index contributed by atoms with van der Waals surface area (Å²) < 4.78 is 10.6. The van der Waals surface area contributed by atoms with E-state index in [2.05, 4.69) is 5.32 Å². The third-order valence-electron chi connectivity index (χ3n) is 3.49. The maximum atomic E-state index is 12.2. The Kier molecular flexibility index (Phi) is 6.35. The SMILES string of the molecule is COc1ccc(OC)c(CCC(=O)Nc2ccccc2SC)c1. The number of carbonyl (C=O) groups excluding carboxylic acids is 1. The van der Waals surface area contributed by atoms with Crippen LogP contribution in [-0.4, -0.2) is 26.4 Å². The first-order valence-electron chi connectivity index (χ1n) is 7.31. The molecule has 0 heterocycles. The summed E-state index contributed by atoms with van der Waals surface area (Å²) in [7, 11) is 3.25. The molecule has 4 nitrogen and oxygen atoms in total. The van der Waals surface area contributed by atoms with E-state index in [1.165, 1.54) is 0 Å². The molecule has 0 spiro atoms. The van der Waals surface area contributed by atoms with Gasteiger partial charge in [0.2, 0.25) is 5.91 Å². The van der Waals surface area contributed by atoms with E-state index in [0.29, 0.717) is 12.8 Å². The van der Waals surface area contributed by atoms with Crippen LogP contribution in [-0.2, 0) is 11.2 Å². The molecule has 1 amide bonds. The van der Waals surface area contributed by atoms with Gasteiger partial charge in [-0.2, -0.15) is 0 Å². The number of nitrogens with one attached hydrogen (secondary N) is 1. The second-order valence-corrected chi connectivity index (χ2v) is 5.77. The number of aryl methyl sites for hydroxylation is 1. The van der Waals surface area contributed by atoms with Crippen LogP contribution in [0.2, 0.25) is 0 Å². The molecule has 0 saturated heterocycles. The van der Waals surface area contributed by atoms with E-state index in [1.807, 2.05) is 48.7 Å². The van der Waals surface area contributed by atoms with Gasteiger partial charge in [0.15, 0.2) is 0 Å². The van der Waals surface area contributed by atoms with Crippen molar-refractivity contribution in [2.45, 2.75) is 17.7 Å². The third-order valence-corrected chi connectivity index (χ3v) is 4.29.